The number of carbonyl (C=O) groups excluding carboxylic acids is 1. The summed E-state index contributed by atoms with van der Waals surface area (Å²) in [5.74, 6) is 1.73. The highest BCUT2D eigenvalue weighted by Crippen LogP contribution is 2.31. The molecule has 0 radical (unpaired) electrons. The third-order valence-electron chi connectivity index (χ3n) is 5.08. The fourth-order valence-electron chi connectivity index (χ4n) is 3.67. The molecule has 0 unspecified atom stereocenters. The van der Waals surface area contributed by atoms with Crippen LogP contribution in [0.5, 0.6) is 5.75 Å². The summed E-state index contributed by atoms with van der Waals surface area (Å²) in [6, 6.07) is 11.9. The van der Waals surface area contributed by atoms with Crippen molar-refractivity contribution >= 4 is 17.7 Å². The van der Waals surface area contributed by atoms with E-state index in [-0.39, 0.29) is 5.91 Å². The van der Waals surface area contributed by atoms with Crippen LogP contribution in [0.4, 0.5) is 0 Å². The third-order valence-corrected chi connectivity index (χ3v) is 6.00. The number of para-hydroxylation sites is 1. The van der Waals surface area contributed by atoms with Crippen LogP contribution < -0.4 is 10.1 Å². The van der Waals surface area contributed by atoms with E-state index in [1.807, 2.05) is 58.1 Å². The molecule has 1 N–H and O–H groups in total. The number of aromatic nitrogens is 4. The van der Waals surface area contributed by atoms with E-state index < -0.39 is 0 Å². The Morgan fingerprint density at radius 3 is 2.66 bits per heavy atom. The van der Waals surface area contributed by atoms with Crippen molar-refractivity contribution in [3.8, 4) is 17.1 Å². The fourth-order valence-corrected chi connectivity index (χ4v) is 4.41. The molecule has 0 atom stereocenters. The van der Waals surface area contributed by atoms with E-state index in [2.05, 4.69) is 15.5 Å². The number of hydrogen-bond donors (Lipinski definition) is 1. The van der Waals surface area contributed by atoms with Gasteiger partial charge in [0.05, 0.1) is 18.4 Å². The van der Waals surface area contributed by atoms with Crippen molar-refractivity contribution in [2.24, 2.45) is 0 Å². The molecular formula is C21H25N5O2S. The predicted octanol–water partition coefficient (Wildman–Crippen LogP) is 3.61. The van der Waals surface area contributed by atoms with Crippen LogP contribution in [0.2, 0.25) is 0 Å². The molecule has 1 fully saturated rings. The first-order chi connectivity index (χ1) is 14.3. The summed E-state index contributed by atoms with van der Waals surface area (Å²) in [6.07, 6.45) is 9.67. The summed E-state index contributed by atoms with van der Waals surface area (Å²) in [5, 5.41) is 12.6. The first-order valence-electron chi connectivity index (χ1n) is 9.91. The van der Waals surface area contributed by atoms with E-state index in [4.69, 9.17) is 4.74 Å². The standard InChI is InChI=1S/C21H25N5O2S/c1-28-18-12-6-5-11-17(18)20-23-24-21(26(20)25-13-7-8-14-25)29-15-19(27)22-16-9-3-2-4-10-16/h5-8,11-14,16H,2-4,9-10,15H2,1H3,(H,22,27). The van der Waals surface area contributed by atoms with E-state index in [9.17, 15) is 4.79 Å². The number of rotatable bonds is 7. The molecule has 152 valence electrons. The summed E-state index contributed by atoms with van der Waals surface area (Å²) in [7, 11) is 1.64. The predicted molar refractivity (Wildman–Crippen MR) is 113 cm³/mol. The first-order valence-corrected chi connectivity index (χ1v) is 10.9. The molecule has 29 heavy (non-hydrogen) atoms. The van der Waals surface area contributed by atoms with Gasteiger partial charge in [-0.2, -0.15) is 0 Å². The Balaban J connectivity index is 1.56. The van der Waals surface area contributed by atoms with Crippen LogP contribution in [-0.4, -0.2) is 44.4 Å². The lowest BCUT2D eigenvalue weighted by atomic mass is 9.95. The minimum absolute atomic E-state index is 0.0443. The molecule has 7 nitrogen and oxygen atoms in total. The fraction of sp³-hybridized carbons (Fsp3) is 0.381. The monoisotopic (exact) mass is 411 g/mol. The lowest BCUT2D eigenvalue weighted by Gasteiger charge is -2.22. The van der Waals surface area contributed by atoms with Crippen molar-refractivity contribution in [1.82, 2.24) is 24.9 Å². The molecule has 0 spiro atoms. The topological polar surface area (TPSA) is 74.0 Å². The van der Waals surface area contributed by atoms with Gasteiger partial charge < -0.3 is 10.1 Å². The molecule has 2 heterocycles. The van der Waals surface area contributed by atoms with Gasteiger partial charge in [-0.3, -0.25) is 9.47 Å². The van der Waals surface area contributed by atoms with Gasteiger partial charge in [0, 0.05) is 18.4 Å². The Morgan fingerprint density at radius 1 is 1.14 bits per heavy atom. The summed E-state index contributed by atoms with van der Waals surface area (Å²) in [4.78, 5) is 12.4. The quantitative estimate of drug-likeness (QED) is 0.601. The van der Waals surface area contributed by atoms with Gasteiger partial charge in [-0.15, -0.1) is 10.2 Å². The average molecular weight is 412 g/mol. The van der Waals surface area contributed by atoms with Gasteiger partial charge in [0.25, 0.3) is 0 Å². The maximum absolute atomic E-state index is 12.4. The molecule has 2 aromatic heterocycles. The molecule has 1 saturated carbocycles. The number of hydrogen-bond acceptors (Lipinski definition) is 5. The van der Waals surface area contributed by atoms with Crippen LogP contribution in [0.25, 0.3) is 11.4 Å². The lowest BCUT2D eigenvalue weighted by molar-refractivity contribution is -0.119. The van der Waals surface area contributed by atoms with Crippen molar-refractivity contribution in [3.63, 3.8) is 0 Å². The van der Waals surface area contributed by atoms with Crippen LogP contribution in [0.1, 0.15) is 32.1 Å². The Bertz CT molecular complexity index is 948. The third kappa shape index (κ3) is 4.48. The molecule has 8 heteroatoms. The molecule has 0 saturated heterocycles. The van der Waals surface area contributed by atoms with Crippen LogP contribution in [0.3, 0.4) is 0 Å². The summed E-state index contributed by atoms with van der Waals surface area (Å²) >= 11 is 1.39. The van der Waals surface area contributed by atoms with Crippen molar-refractivity contribution in [2.45, 2.75) is 43.3 Å². The number of benzene rings is 1. The number of carbonyl (C=O) groups is 1. The SMILES string of the molecule is COc1ccccc1-c1nnc(SCC(=O)NC2CCCCC2)n1-n1cccc1. The Kier molecular flexibility index (Phi) is 6.19. The van der Waals surface area contributed by atoms with E-state index >= 15 is 0 Å². The van der Waals surface area contributed by atoms with Gasteiger partial charge in [-0.1, -0.05) is 43.2 Å². The second kappa shape index (κ2) is 9.17. The molecule has 1 aliphatic rings. The highest BCUT2D eigenvalue weighted by atomic mass is 32.2. The minimum Gasteiger partial charge on any atom is -0.496 e. The van der Waals surface area contributed by atoms with Gasteiger partial charge in [-0.05, 0) is 37.1 Å². The molecule has 1 aliphatic carbocycles. The van der Waals surface area contributed by atoms with E-state index in [1.54, 1.807) is 7.11 Å². The number of thioether (sulfide) groups is 1. The number of amides is 1. The number of nitrogens with one attached hydrogen (secondary N) is 1. The van der Waals surface area contributed by atoms with Gasteiger partial charge in [0.2, 0.25) is 11.1 Å². The Hall–Kier alpha value is -2.74. The molecule has 4 rings (SSSR count). The highest BCUT2D eigenvalue weighted by Gasteiger charge is 2.20. The first kappa shape index (κ1) is 19.6. The molecule has 0 aliphatic heterocycles. The average Bonchev–Trinajstić information content (AvgIpc) is 3.42. The maximum atomic E-state index is 12.4. The van der Waals surface area contributed by atoms with Gasteiger partial charge in [-0.25, -0.2) is 4.68 Å². The van der Waals surface area contributed by atoms with E-state index in [1.165, 1.54) is 31.0 Å². The normalized spacial score (nSPS) is 14.7. The van der Waals surface area contributed by atoms with Crippen LogP contribution in [0.15, 0.2) is 53.9 Å². The van der Waals surface area contributed by atoms with Crippen molar-refractivity contribution < 1.29 is 9.53 Å². The Labute approximate surface area is 174 Å². The van der Waals surface area contributed by atoms with Gasteiger partial charge in [0.1, 0.15) is 5.75 Å². The number of nitrogens with zero attached hydrogens (tertiary/aromatic N) is 4. The summed E-state index contributed by atoms with van der Waals surface area (Å²) in [5.41, 5.74) is 0.842. The minimum atomic E-state index is 0.0443. The van der Waals surface area contributed by atoms with E-state index in [0.29, 0.717) is 22.8 Å². The second-order valence-corrected chi connectivity index (χ2v) is 8.01. The van der Waals surface area contributed by atoms with Crippen molar-refractivity contribution in [2.75, 3.05) is 12.9 Å². The summed E-state index contributed by atoms with van der Waals surface area (Å²) in [6.45, 7) is 0. The zero-order valence-corrected chi connectivity index (χ0v) is 17.3. The maximum Gasteiger partial charge on any atom is 0.230 e. The number of methoxy groups -OCH3 is 1. The van der Waals surface area contributed by atoms with Crippen molar-refractivity contribution in [1.29, 1.82) is 0 Å². The second-order valence-electron chi connectivity index (χ2n) is 7.07. The van der Waals surface area contributed by atoms with Crippen molar-refractivity contribution in [3.05, 3.63) is 48.8 Å². The lowest BCUT2D eigenvalue weighted by Crippen LogP contribution is -2.37. The van der Waals surface area contributed by atoms with Crippen LogP contribution in [-0.2, 0) is 4.79 Å². The largest absolute Gasteiger partial charge is 0.496 e. The summed E-state index contributed by atoms with van der Waals surface area (Å²) < 4.78 is 9.31. The number of ether oxygens (including phenoxy) is 1. The molecule has 0 bridgehead atoms. The van der Waals surface area contributed by atoms with E-state index in [0.717, 1.165) is 24.2 Å². The molecule has 3 aromatic rings. The zero-order valence-electron chi connectivity index (χ0n) is 16.5. The molecule has 1 amide bonds. The van der Waals surface area contributed by atoms with Crippen LogP contribution >= 0.6 is 11.8 Å². The smallest absolute Gasteiger partial charge is 0.230 e. The zero-order chi connectivity index (χ0) is 20.1. The molecule has 1 aromatic carbocycles. The van der Waals surface area contributed by atoms with Crippen LogP contribution in [0, 0.1) is 0 Å². The highest BCUT2D eigenvalue weighted by molar-refractivity contribution is 7.99. The molecular weight excluding hydrogens is 386 g/mol. The Morgan fingerprint density at radius 2 is 1.90 bits per heavy atom. The van der Waals surface area contributed by atoms with Gasteiger partial charge in [0.15, 0.2) is 5.82 Å². The van der Waals surface area contributed by atoms with Gasteiger partial charge >= 0.3 is 0 Å².